The third kappa shape index (κ3) is 68.3. The molecule has 0 fully saturated rings. The summed E-state index contributed by atoms with van der Waals surface area (Å²) in [5, 5.41) is 0. The van der Waals surface area contributed by atoms with Crippen LogP contribution in [0.3, 0.4) is 0 Å². The van der Waals surface area contributed by atoms with Gasteiger partial charge >= 0.3 is 11.9 Å². The van der Waals surface area contributed by atoms with Gasteiger partial charge in [0.25, 0.3) is 7.82 Å². The van der Waals surface area contributed by atoms with Crippen molar-refractivity contribution in [2.24, 2.45) is 0 Å². The van der Waals surface area contributed by atoms with E-state index in [-0.39, 0.29) is 32.0 Å². The van der Waals surface area contributed by atoms with Crippen LogP contribution in [-0.4, -0.2) is 70.0 Å². The van der Waals surface area contributed by atoms with E-state index in [9.17, 15) is 19.0 Å². The summed E-state index contributed by atoms with van der Waals surface area (Å²) in [6, 6.07) is 0. The van der Waals surface area contributed by atoms with E-state index in [1.165, 1.54) is 212 Å². The molecule has 10 heteroatoms. The van der Waals surface area contributed by atoms with Gasteiger partial charge in [-0.15, -0.1) is 0 Å². The van der Waals surface area contributed by atoms with Crippen LogP contribution in [0.2, 0.25) is 0 Å². The van der Waals surface area contributed by atoms with Gasteiger partial charge in [-0.1, -0.05) is 304 Å². The highest BCUT2D eigenvalue weighted by molar-refractivity contribution is 7.45. The lowest BCUT2D eigenvalue weighted by Crippen LogP contribution is -2.37. The van der Waals surface area contributed by atoms with Crippen molar-refractivity contribution in [1.29, 1.82) is 0 Å². The number of quaternary nitrogens is 1. The average Bonchev–Trinajstić information content (AvgIpc) is 3.61. The fourth-order valence-electron chi connectivity index (χ4n) is 10.0. The zero-order chi connectivity index (χ0) is 61.2. The van der Waals surface area contributed by atoms with E-state index in [0.29, 0.717) is 17.4 Å². The first kappa shape index (κ1) is 81.2. The number of carbonyl (C=O) groups is 2. The Balaban J connectivity index is 4.02. The molecule has 0 radical (unpaired) electrons. The number of nitrogens with zero attached hydrogens (tertiary/aromatic N) is 1. The van der Waals surface area contributed by atoms with E-state index in [2.05, 4.69) is 98.9 Å². The normalized spacial score (nSPS) is 13.6. The van der Waals surface area contributed by atoms with Crippen molar-refractivity contribution in [1.82, 2.24) is 0 Å². The smallest absolute Gasteiger partial charge is 0.306 e. The van der Waals surface area contributed by atoms with Gasteiger partial charge in [-0.3, -0.25) is 14.2 Å². The van der Waals surface area contributed by atoms with Crippen molar-refractivity contribution >= 4 is 19.8 Å². The Morgan fingerprint density at radius 3 is 1.01 bits per heavy atom. The van der Waals surface area contributed by atoms with Crippen LogP contribution in [0, 0.1) is 0 Å². The molecule has 0 aliphatic rings. The van der Waals surface area contributed by atoms with Gasteiger partial charge < -0.3 is 27.9 Å². The van der Waals surface area contributed by atoms with Crippen molar-refractivity contribution in [2.75, 3.05) is 47.5 Å². The predicted molar refractivity (Wildman–Crippen MR) is 360 cm³/mol. The maximum absolute atomic E-state index is 12.9. The Kier molecular flexibility index (Phi) is 62.5. The Hall–Kier alpha value is -2.81. The number of rotatable bonds is 65. The lowest BCUT2D eigenvalue weighted by molar-refractivity contribution is -0.870. The van der Waals surface area contributed by atoms with E-state index < -0.39 is 26.5 Å². The molecule has 0 aromatic carbocycles. The van der Waals surface area contributed by atoms with Gasteiger partial charge in [-0.05, 0) is 89.9 Å². The number of unbranched alkanes of at least 4 members (excludes halogenated alkanes) is 37. The predicted octanol–water partition coefficient (Wildman–Crippen LogP) is 22.3. The van der Waals surface area contributed by atoms with Gasteiger partial charge in [0, 0.05) is 12.8 Å². The number of hydrogen-bond acceptors (Lipinski definition) is 8. The molecular formula is C74H134NO8P. The third-order valence-corrected chi connectivity index (χ3v) is 16.4. The molecule has 0 bridgehead atoms. The summed E-state index contributed by atoms with van der Waals surface area (Å²) in [7, 11) is 1.17. The lowest BCUT2D eigenvalue weighted by Gasteiger charge is -2.28. The fraction of sp³-hybridized carbons (Fsp3) is 0.784. The quantitative estimate of drug-likeness (QED) is 0.0195. The number of phosphoric ester groups is 1. The number of carbonyl (C=O) groups excluding carboxylic acids is 2. The molecule has 0 aromatic rings. The van der Waals surface area contributed by atoms with E-state index in [1.54, 1.807) is 0 Å². The van der Waals surface area contributed by atoms with Crippen molar-refractivity contribution in [3.63, 3.8) is 0 Å². The summed E-state index contributed by atoms with van der Waals surface area (Å²) < 4.78 is 34.3. The molecule has 0 saturated heterocycles. The minimum Gasteiger partial charge on any atom is -0.756 e. The fourth-order valence-corrected chi connectivity index (χ4v) is 10.7. The second kappa shape index (κ2) is 64.7. The number of hydrogen-bond donors (Lipinski definition) is 0. The Bertz CT molecular complexity index is 1690. The maximum atomic E-state index is 12.9. The zero-order valence-corrected chi connectivity index (χ0v) is 56.5. The molecule has 488 valence electrons. The molecule has 0 aliphatic carbocycles. The van der Waals surface area contributed by atoms with Crippen LogP contribution < -0.4 is 4.89 Å². The molecule has 2 unspecified atom stereocenters. The van der Waals surface area contributed by atoms with Gasteiger partial charge in [0.2, 0.25) is 0 Å². The second-order valence-corrected chi connectivity index (χ2v) is 26.3. The first-order valence-electron chi connectivity index (χ1n) is 35.3. The topological polar surface area (TPSA) is 111 Å². The van der Waals surface area contributed by atoms with Crippen LogP contribution in [0.1, 0.15) is 322 Å². The standard InChI is InChI=1S/C74H134NO8P/c1-6-8-10-12-14-16-18-20-22-24-26-28-30-32-34-35-36-37-38-39-41-43-45-47-49-51-53-55-57-59-61-63-65-67-74(77)83-72(71-82-84(78,79)81-69-68-75(3,4)5)70-80-73(76)66-64-62-60-58-56-54-52-50-48-46-44-42-40-33-31-29-27-25-23-21-19-17-15-13-11-9-7-2/h8,10,14,16,19-22,25-28,32,34,72H,6-7,9,11-13,15,17-18,23-24,29-31,33,35-71H2,1-5H3/b10-8-,16-14-,21-19-,22-20-,27-25-,28-26-,34-32-. The monoisotopic (exact) mass is 1200 g/mol. The number of likely N-dealkylation sites (N-methyl/N-ethyl adjacent to an activating group) is 1. The van der Waals surface area contributed by atoms with Crippen molar-refractivity contribution < 1.29 is 42.1 Å². The Morgan fingerprint density at radius 1 is 0.381 bits per heavy atom. The molecule has 0 aromatic heterocycles. The number of phosphoric acid groups is 1. The molecular weight excluding hydrogens is 1060 g/mol. The van der Waals surface area contributed by atoms with Crippen LogP contribution in [0.5, 0.6) is 0 Å². The highest BCUT2D eigenvalue weighted by atomic mass is 31.2. The van der Waals surface area contributed by atoms with E-state index in [4.69, 9.17) is 18.5 Å². The van der Waals surface area contributed by atoms with Crippen LogP contribution in [-0.2, 0) is 32.7 Å². The maximum Gasteiger partial charge on any atom is 0.306 e. The summed E-state index contributed by atoms with van der Waals surface area (Å²) in [4.78, 5) is 38.1. The molecule has 0 rings (SSSR count). The molecule has 0 amide bonds. The summed E-state index contributed by atoms with van der Waals surface area (Å²) in [5.74, 6) is -0.821. The van der Waals surface area contributed by atoms with Crippen molar-refractivity contribution in [3.05, 3.63) is 85.1 Å². The van der Waals surface area contributed by atoms with Gasteiger partial charge in [0.05, 0.1) is 27.7 Å². The molecule has 0 spiro atoms. The Morgan fingerprint density at radius 2 is 0.679 bits per heavy atom. The SMILES string of the molecule is CC/C=C\C/C=C\C/C=C\C/C=C\C/C=C\CCCCCCCCCCCCCCCCCCCC(=O)OC(COC(=O)CCCCCCCCCCCCCCCCC/C=C\C/C=C\CCCCCCC)COP(=O)([O-])OCC[N+](C)(C)C. The van der Waals surface area contributed by atoms with Crippen LogP contribution in [0.4, 0.5) is 0 Å². The first-order chi connectivity index (χ1) is 41.0. The number of ether oxygens (including phenoxy) is 2. The van der Waals surface area contributed by atoms with E-state index in [0.717, 1.165) is 77.0 Å². The van der Waals surface area contributed by atoms with Gasteiger partial charge in [-0.2, -0.15) is 0 Å². The molecule has 0 saturated carbocycles. The average molecular weight is 1200 g/mol. The highest BCUT2D eigenvalue weighted by Gasteiger charge is 2.22. The molecule has 84 heavy (non-hydrogen) atoms. The van der Waals surface area contributed by atoms with Gasteiger partial charge in [0.1, 0.15) is 19.8 Å². The molecule has 2 atom stereocenters. The van der Waals surface area contributed by atoms with E-state index in [1.807, 2.05) is 21.1 Å². The minimum absolute atomic E-state index is 0.0315. The van der Waals surface area contributed by atoms with Gasteiger partial charge in [-0.25, -0.2) is 0 Å². The van der Waals surface area contributed by atoms with Gasteiger partial charge in [0.15, 0.2) is 6.10 Å². The second-order valence-electron chi connectivity index (χ2n) is 24.9. The summed E-state index contributed by atoms with van der Waals surface area (Å²) in [6.45, 7) is 4.16. The van der Waals surface area contributed by atoms with Crippen LogP contribution >= 0.6 is 7.82 Å². The van der Waals surface area contributed by atoms with Crippen LogP contribution in [0.25, 0.3) is 0 Å². The van der Waals surface area contributed by atoms with E-state index >= 15 is 0 Å². The first-order valence-corrected chi connectivity index (χ1v) is 36.8. The van der Waals surface area contributed by atoms with Crippen molar-refractivity contribution in [3.8, 4) is 0 Å². The zero-order valence-electron chi connectivity index (χ0n) is 55.6. The van der Waals surface area contributed by atoms with Crippen molar-refractivity contribution in [2.45, 2.75) is 328 Å². The minimum atomic E-state index is -4.64. The largest absolute Gasteiger partial charge is 0.756 e. The Labute approximate surface area is 520 Å². The lowest BCUT2D eigenvalue weighted by atomic mass is 10.0. The molecule has 0 heterocycles. The molecule has 0 N–H and O–H groups in total. The summed E-state index contributed by atoms with van der Waals surface area (Å²) in [6.07, 6.45) is 88.0. The summed E-state index contributed by atoms with van der Waals surface area (Å²) in [5.41, 5.74) is 0. The number of esters is 2. The molecule has 0 aliphatic heterocycles. The molecule has 9 nitrogen and oxygen atoms in total. The highest BCUT2D eigenvalue weighted by Crippen LogP contribution is 2.38. The number of allylic oxidation sites excluding steroid dienone is 14. The summed E-state index contributed by atoms with van der Waals surface area (Å²) >= 11 is 0. The van der Waals surface area contributed by atoms with Crippen LogP contribution in [0.15, 0.2) is 85.1 Å². The third-order valence-electron chi connectivity index (χ3n) is 15.4.